The number of benzene rings is 3. The van der Waals surface area contributed by atoms with Crippen molar-refractivity contribution in [3.8, 4) is 5.75 Å². The third-order valence-electron chi connectivity index (χ3n) is 5.83. The molecule has 1 fully saturated rings. The average Bonchev–Trinajstić information content (AvgIpc) is 3.71. The third-order valence-corrected chi connectivity index (χ3v) is 7.29. The summed E-state index contributed by atoms with van der Waals surface area (Å²) >= 11 is 0. The summed E-state index contributed by atoms with van der Waals surface area (Å²) in [6.07, 6.45) is 1.67. The van der Waals surface area contributed by atoms with E-state index in [4.69, 9.17) is 9.47 Å². The van der Waals surface area contributed by atoms with Crippen molar-refractivity contribution in [3.63, 3.8) is 0 Å². The highest BCUT2D eigenvalue weighted by Crippen LogP contribution is 2.29. The maximum absolute atomic E-state index is 12.7. The Balaban J connectivity index is 1.25. The lowest BCUT2D eigenvalue weighted by atomic mass is 10.1. The third kappa shape index (κ3) is 6.58. The number of esters is 1. The summed E-state index contributed by atoms with van der Waals surface area (Å²) in [5.41, 5.74) is 0.959. The number of hydrogen-bond donors (Lipinski definition) is 1. The molecule has 35 heavy (non-hydrogen) atoms. The van der Waals surface area contributed by atoms with E-state index in [0.29, 0.717) is 6.54 Å². The Morgan fingerprint density at radius 3 is 2.40 bits per heavy atom. The number of nitrogens with zero attached hydrogens (tertiary/aromatic N) is 1. The van der Waals surface area contributed by atoms with Crippen molar-refractivity contribution >= 4 is 32.7 Å². The lowest BCUT2D eigenvalue weighted by Gasteiger charge is -2.22. The molecule has 1 N–H and O–H groups in total. The fraction of sp³-hybridized carbons (Fsp3) is 0.308. The zero-order valence-corrected chi connectivity index (χ0v) is 20.3. The first-order valence-electron chi connectivity index (χ1n) is 11.4. The van der Waals surface area contributed by atoms with Crippen LogP contribution in [0, 0.1) is 0 Å². The monoisotopic (exact) mass is 496 g/mol. The number of ether oxygens (including phenoxy) is 2. The molecule has 4 rings (SSSR count). The highest BCUT2D eigenvalue weighted by molar-refractivity contribution is 7.89. The van der Waals surface area contributed by atoms with Crippen molar-refractivity contribution < 1.29 is 27.5 Å². The standard InChI is InChI=1S/C26H28N2O6S/c1-33-23-11-6-19(7-12-23)17-28(22-9-10-22)25(29)18-34-26(30)14-15-27-35(31,32)24-13-8-20-4-2-3-5-21(20)16-24/h2-8,11-13,16,22,27H,9-10,14-15,17-18H2,1H3. The van der Waals surface area contributed by atoms with Gasteiger partial charge in [0, 0.05) is 19.1 Å². The first-order valence-corrected chi connectivity index (χ1v) is 12.9. The number of carbonyl (C=O) groups excluding carboxylic acids is 2. The van der Waals surface area contributed by atoms with Gasteiger partial charge in [0.2, 0.25) is 10.0 Å². The van der Waals surface area contributed by atoms with Gasteiger partial charge in [-0.05, 0) is 53.4 Å². The van der Waals surface area contributed by atoms with Gasteiger partial charge in [-0.1, -0.05) is 42.5 Å². The number of hydrogen-bond acceptors (Lipinski definition) is 6. The largest absolute Gasteiger partial charge is 0.497 e. The smallest absolute Gasteiger partial charge is 0.307 e. The van der Waals surface area contributed by atoms with Crippen LogP contribution in [-0.2, 0) is 30.9 Å². The second-order valence-corrected chi connectivity index (χ2v) is 10.2. The molecule has 0 atom stereocenters. The van der Waals surface area contributed by atoms with E-state index in [1.54, 1.807) is 24.1 Å². The van der Waals surface area contributed by atoms with Gasteiger partial charge in [-0.2, -0.15) is 0 Å². The van der Waals surface area contributed by atoms with E-state index in [1.165, 1.54) is 6.07 Å². The van der Waals surface area contributed by atoms with Crippen molar-refractivity contribution in [3.05, 3.63) is 72.3 Å². The number of sulfonamides is 1. The Morgan fingerprint density at radius 2 is 1.71 bits per heavy atom. The molecule has 3 aromatic carbocycles. The molecule has 1 amide bonds. The number of rotatable bonds is 11. The Bertz CT molecular complexity index is 1300. The second kappa shape index (κ2) is 10.9. The topological polar surface area (TPSA) is 102 Å². The molecule has 0 unspecified atom stereocenters. The molecule has 184 valence electrons. The van der Waals surface area contributed by atoms with Gasteiger partial charge in [-0.3, -0.25) is 9.59 Å². The minimum Gasteiger partial charge on any atom is -0.497 e. The van der Waals surface area contributed by atoms with Crippen LogP contribution < -0.4 is 9.46 Å². The van der Waals surface area contributed by atoms with Gasteiger partial charge in [-0.15, -0.1) is 0 Å². The van der Waals surface area contributed by atoms with Crippen LogP contribution >= 0.6 is 0 Å². The highest BCUT2D eigenvalue weighted by Gasteiger charge is 2.33. The molecule has 0 aliphatic heterocycles. The van der Waals surface area contributed by atoms with Gasteiger partial charge >= 0.3 is 5.97 Å². The average molecular weight is 497 g/mol. The number of nitrogens with one attached hydrogen (secondary N) is 1. The molecule has 8 nitrogen and oxygen atoms in total. The van der Waals surface area contributed by atoms with Gasteiger partial charge in [0.25, 0.3) is 5.91 Å². The van der Waals surface area contributed by atoms with E-state index in [9.17, 15) is 18.0 Å². The normalized spacial score (nSPS) is 13.4. The molecule has 0 heterocycles. The van der Waals surface area contributed by atoms with Crippen molar-refractivity contribution in [1.82, 2.24) is 9.62 Å². The fourth-order valence-electron chi connectivity index (χ4n) is 3.74. The lowest BCUT2D eigenvalue weighted by molar-refractivity contribution is -0.152. The number of methoxy groups -OCH3 is 1. The summed E-state index contributed by atoms with van der Waals surface area (Å²) in [6, 6.07) is 19.9. The van der Waals surface area contributed by atoms with Crippen molar-refractivity contribution in [2.24, 2.45) is 0 Å². The zero-order valence-electron chi connectivity index (χ0n) is 19.5. The quantitative estimate of drug-likeness (QED) is 0.409. The number of carbonyl (C=O) groups is 2. The van der Waals surface area contributed by atoms with Crippen molar-refractivity contribution in [2.45, 2.75) is 36.7 Å². The van der Waals surface area contributed by atoms with Crippen LogP contribution in [0.15, 0.2) is 71.6 Å². The first kappa shape index (κ1) is 24.7. The summed E-state index contributed by atoms with van der Waals surface area (Å²) < 4.78 is 37.9. The molecular formula is C26H28N2O6S. The van der Waals surface area contributed by atoms with Crippen LogP contribution in [0.4, 0.5) is 0 Å². The summed E-state index contributed by atoms with van der Waals surface area (Å²) in [5, 5.41) is 1.75. The molecular weight excluding hydrogens is 468 g/mol. The van der Waals surface area contributed by atoms with Crippen LogP contribution in [-0.4, -0.2) is 51.5 Å². The number of amides is 1. The predicted molar refractivity (Wildman–Crippen MR) is 131 cm³/mol. The van der Waals surface area contributed by atoms with E-state index in [1.807, 2.05) is 48.5 Å². The van der Waals surface area contributed by atoms with Crippen molar-refractivity contribution in [1.29, 1.82) is 0 Å². The van der Waals surface area contributed by atoms with Gasteiger partial charge in [-0.25, -0.2) is 13.1 Å². The summed E-state index contributed by atoms with van der Waals surface area (Å²) in [7, 11) is -2.18. The fourth-order valence-corrected chi connectivity index (χ4v) is 4.80. The molecule has 0 saturated heterocycles. The Hall–Kier alpha value is -3.43. The first-order chi connectivity index (χ1) is 16.9. The summed E-state index contributed by atoms with van der Waals surface area (Å²) in [4.78, 5) is 26.7. The number of fused-ring (bicyclic) bond motifs is 1. The van der Waals surface area contributed by atoms with Crippen LogP contribution in [0.5, 0.6) is 5.75 Å². The summed E-state index contributed by atoms with van der Waals surface area (Å²) in [5.74, 6) is -0.170. The van der Waals surface area contributed by atoms with Crippen LogP contribution in [0.2, 0.25) is 0 Å². The van der Waals surface area contributed by atoms with E-state index in [2.05, 4.69) is 4.72 Å². The van der Waals surface area contributed by atoms with Crippen LogP contribution in [0.3, 0.4) is 0 Å². The lowest BCUT2D eigenvalue weighted by Crippen LogP contribution is -2.36. The molecule has 1 aliphatic rings. The highest BCUT2D eigenvalue weighted by atomic mass is 32.2. The second-order valence-electron chi connectivity index (χ2n) is 8.42. The van der Waals surface area contributed by atoms with E-state index in [0.717, 1.165) is 34.9 Å². The van der Waals surface area contributed by atoms with E-state index < -0.39 is 16.0 Å². The molecule has 0 bridgehead atoms. The minimum absolute atomic E-state index is 0.123. The molecule has 0 radical (unpaired) electrons. The molecule has 9 heteroatoms. The van der Waals surface area contributed by atoms with Gasteiger partial charge < -0.3 is 14.4 Å². The zero-order chi connectivity index (χ0) is 24.8. The molecule has 0 spiro atoms. The van der Waals surface area contributed by atoms with Crippen molar-refractivity contribution in [2.75, 3.05) is 20.3 Å². The molecule has 1 aliphatic carbocycles. The summed E-state index contributed by atoms with van der Waals surface area (Å²) in [6.45, 7) is -0.0696. The van der Waals surface area contributed by atoms with E-state index in [-0.39, 0.29) is 36.4 Å². The Kier molecular flexibility index (Phi) is 7.67. The van der Waals surface area contributed by atoms with E-state index >= 15 is 0 Å². The molecule has 1 saturated carbocycles. The maximum Gasteiger partial charge on any atom is 0.307 e. The minimum atomic E-state index is -3.78. The van der Waals surface area contributed by atoms with Gasteiger partial charge in [0.15, 0.2) is 6.61 Å². The molecule has 0 aromatic heterocycles. The van der Waals surface area contributed by atoms with Gasteiger partial charge in [0.1, 0.15) is 5.75 Å². The van der Waals surface area contributed by atoms with Gasteiger partial charge in [0.05, 0.1) is 18.4 Å². The SMILES string of the molecule is COc1ccc(CN(C(=O)COC(=O)CCNS(=O)(=O)c2ccc3ccccc3c2)C2CC2)cc1. The maximum atomic E-state index is 12.7. The molecule has 3 aromatic rings. The van der Waals surface area contributed by atoms with Crippen LogP contribution in [0.1, 0.15) is 24.8 Å². The Morgan fingerprint density at radius 1 is 1.00 bits per heavy atom. The van der Waals surface area contributed by atoms with Crippen LogP contribution in [0.25, 0.3) is 10.8 Å². The Labute approximate surface area is 204 Å². The predicted octanol–water partition coefficient (Wildman–Crippen LogP) is 3.25.